The highest BCUT2D eigenvalue weighted by Gasteiger charge is 2.21. The normalized spacial score (nSPS) is 19.4. The number of amides is 1. The van der Waals surface area contributed by atoms with Gasteiger partial charge in [0.2, 0.25) is 0 Å². The van der Waals surface area contributed by atoms with Gasteiger partial charge in [-0.3, -0.25) is 4.79 Å². The van der Waals surface area contributed by atoms with Crippen LogP contribution in [-0.2, 0) is 0 Å². The van der Waals surface area contributed by atoms with Crippen molar-refractivity contribution in [2.45, 2.75) is 19.4 Å². The van der Waals surface area contributed by atoms with Crippen molar-refractivity contribution in [1.82, 2.24) is 10.2 Å². The molecule has 1 aliphatic rings. The van der Waals surface area contributed by atoms with Crippen molar-refractivity contribution in [2.75, 3.05) is 33.9 Å². The molecule has 1 amide bonds. The SMILES string of the molecule is COc1ccc(C(=O)N2CCCNC(C)C2)cc1OC. The maximum absolute atomic E-state index is 12.6. The van der Waals surface area contributed by atoms with Gasteiger partial charge in [-0.15, -0.1) is 0 Å². The molecule has 0 radical (unpaired) electrons. The summed E-state index contributed by atoms with van der Waals surface area (Å²) in [5.74, 6) is 1.26. The van der Waals surface area contributed by atoms with Gasteiger partial charge < -0.3 is 19.7 Å². The van der Waals surface area contributed by atoms with Crippen molar-refractivity contribution in [2.24, 2.45) is 0 Å². The molecule has 1 heterocycles. The molecule has 20 heavy (non-hydrogen) atoms. The van der Waals surface area contributed by atoms with Gasteiger partial charge in [0.05, 0.1) is 14.2 Å². The Morgan fingerprint density at radius 3 is 2.75 bits per heavy atom. The number of ether oxygens (including phenoxy) is 2. The third-order valence-corrected chi connectivity index (χ3v) is 3.51. The molecule has 0 aromatic heterocycles. The van der Waals surface area contributed by atoms with Crippen LogP contribution in [0.4, 0.5) is 0 Å². The highest BCUT2D eigenvalue weighted by Crippen LogP contribution is 2.28. The van der Waals surface area contributed by atoms with Gasteiger partial charge in [0.15, 0.2) is 11.5 Å². The number of nitrogens with zero attached hydrogens (tertiary/aromatic N) is 1. The first-order valence-corrected chi connectivity index (χ1v) is 6.90. The van der Waals surface area contributed by atoms with Crippen LogP contribution in [0.5, 0.6) is 11.5 Å². The van der Waals surface area contributed by atoms with Crippen molar-refractivity contribution in [3.05, 3.63) is 23.8 Å². The predicted octanol–water partition coefficient (Wildman–Crippen LogP) is 1.53. The molecule has 5 heteroatoms. The molecule has 0 bridgehead atoms. The molecular formula is C15H22N2O3. The van der Waals surface area contributed by atoms with Gasteiger partial charge in [-0.25, -0.2) is 0 Å². The van der Waals surface area contributed by atoms with Gasteiger partial charge >= 0.3 is 0 Å². The average molecular weight is 278 g/mol. The lowest BCUT2D eigenvalue weighted by Crippen LogP contribution is -2.38. The lowest BCUT2D eigenvalue weighted by molar-refractivity contribution is 0.0755. The molecule has 110 valence electrons. The van der Waals surface area contributed by atoms with E-state index in [0.29, 0.717) is 23.1 Å². The molecule has 1 unspecified atom stereocenters. The molecule has 1 fully saturated rings. The molecule has 2 rings (SSSR count). The maximum atomic E-state index is 12.6. The van der Waals surface area contributed by atoms with Gasteiger partial charge in [0, 0.05) is 24.7 Å². The maximum Gasteiger partial charge on any atom is 0.254 e. The van der Waals surface area contributed by atoms with E-state index in [4.69, 9.17) is 9.47 Å². The third kappa shape index (κ3) is 3.22. The van der Waals surface area contributed by atoms with Crippen molar-refractivity contribution in [1.29, 1.82) is 0 Å². The third-order valence-electron chi connectivity index (χ3n) is 3.51. The highest BCUT2D eigenvalue weighted by atomic mass is 16.5. The lowest BCUT2D eigenvalue weighted by Gasteiger charge is -2.23. The van der Waals surface area contributed by atoms with E-state index in [-0.39, 0.29) is 5.91 Å². The van der Waals surface area contributed by atoms with Gasteiger partial charge in [0.1, 0.15) is 0 Å². The van der Waals surface area contributed by atoms with E-state index in [2.05, 4.69) is 12.2 Å². The number of carbonyl (C=O) groups excluding carboxylic acids is 1. The summed E-state index contributed by atoms with van der Waals surface area (Å²) < 4.78 is 10.4. The molecule has 1 aromatic carbocycles. The Bertz CT molecular complexity index is 476. The minimum absolute atomic E-state index is 0.0431. The number of benzene rings is 1. The summed E-state index contributed by atoms with van der Waals surface area (Å²) in [5.41, 5.74) is 0.636. The van der Waals surface area contributed by atoms with E-state index in [0.717, 1.165) is 26.1 Å². The van der Waals surface area contributed by atoms with Gasteiger partial charge in [-0.2, -0.15) is 0 Å². The van der Waals surface area contributed by atoms with Crippen LogP contribution in [0, 0.1) is 0 Å². The Morgan fingerprint density at radius 1 is 1.30 bits per heavy atom. The minimum Gasteiger partial charge on any atom is -0.493 e. The van der Waals surface area contributed by atoms with Crippen molar-refractivity contribution in [3.8, 4) is 11.5 Å². The van der Waals surface area contributed by atoms with Crippen LogP contribution < -0.4 is 14.8 Å². The topological polar surface area (TPSA) is 50.8 Å². The van der Waals surface area contributed by atoms with Crippen LogP contribution in [0.3, 0.4) is 0 Å². The molecule has 1 aromatic rings. The van der Waals surface area contributed by atoms with Crippen LogP contribution in [-0.4, -0.2) is 50.7 Å². The standard InChI is InChI=1S/C15H22N2O3/c1-11-10-17(8-4-7-16-11)15(18)12-5-6-13(19-2)14(9-12)20-3/h5-6,9,11,16H,4,7-8,10H2,1-3H3. The van der Waals surface area contributed by atoms with E-state index in [1.165, 1.54) is 0 Å². The van der Waals surface area contributed by atoms with Crippen LogP contribution in [0.2, 0.25) is 0 Å². The van der Waals surface area contributed by atoms with Crippen LogP contribution in [0.1, 0.15) is 23.7 Å². The fraction of sp³-hybridized carbons (Fsp3) is 0.533. The van der Waals surface area contributed by atoms with E-state index in [9.17, 15) is 4.79 Å². The zero-order chi connectivity index (χ0) is 14.5. The summed E-state index contributed by atoms with van der Waals surface area (Å²) in [6.45, 7) is 4.56. The predicted molar refractivity (Wildman–Crippen MR) is 77.5 cm³/mol. The van der Waals surface area contributed by atoms with Gasteiger partial charge in [0.25, 0.3) is 5.91 Å². The van der Waals surface area contributed by atoms with E-state index < -0.39 is 0 Å². The first-order chi connectivity index (χ1) is 9.65. The zero-order valence-electron chi connectivity index (χ0n) is 12.3. The van der Waals surface area contributed by atoms with Crippen LogP contribution >= 0.6 is 0 Å². The molecular weight excluding hydrogens is 256 g/mol. The molecule has 0 aliphatic carbocycles. The quantitative estimate of drug-likeness (QED) is 0.911. The van der Waals surface area contributed by atoms with E-state index in [1.54, 1.807) is 32.4 Å². The number of nitrogens with one attached hydrogen (secondary N) is 1. The minimum atomic E-state index is 0.0431. The second kappa shape index (κ2) is 6.61. The number of carbonyl (C=O) groups is 1. The van der Waals surface area contributed by atoms with Crippen molar-refractivity contribution < 1.29 is 14.3 Å². The van der Waals surface area contributed by atoms with Gasteiger partial charge in [-0.05, 0) is 38.1 Å². The van der Waals surface area contributed by atoms with Crippen molar-refractivity contribution >= 4 is 5.91 Å². The Labute approximate surface area is 119 Å². The van der Waals surface area contributed by atoms with E-state index in [1.807, 2.05) is 4.90 Å². The molecule has 1 atom stereocenters. The second-order valence-corrected chi connectivity index (χ2v) is 5.03. The highest BCUT2D eigenvalue weighted by molar-refractivity contribution is 5.95. The number of methoxy groups -OCH3 is 2. The number of hydrogen-bond acceptors (Lipinski definition) is 4. The summed E-state index contributed by atoms with van der Waals surface area (Å²) in [4.78, 5) is 14.5. The first kappa shape index (κ1) is 14.7. The average Bonchev–Trinajstić information content (AvgIpc) is 2.70. The summed E-state index contributed by atoms with van der Waals surface area (Å²) in [6.07, 6.45) is 0.976. The number of rotatable bonds is 3. The first-order valence-electron chi connectivity index (χ1n) is 6.90. The molecule has 1 saturated heterocycles. The smallest absolute Gasteiger partial charge is 0.254 e. The Hall–Kier alpha value is -1.75. The zero-order valence-corrected chi connectivity index (χ0v) is 12.3. The Balaban J connectivity index is 2.19. The van der Waals surface area contributed by atoms with E-state index >= 15 is 0 Å². The molecule has 1 N–H and O–H groups in total. The van der Waals surface area contributed by atoms with Crippen LogP contribution in [0.15, 0.2) is 18.2 Å². The Kier molecular flexibility index (Phi) is 4.84. The summed E-state index contributed by atoms with van der Waals surface area (Å²) in [7, 11) is 3.16. The Morgan fingerprint density at radius 2 is 2.05 bits per heavy atom. The van der Waals surface area contributed by atoms with Crippen LogP contribution in [0.25, 0.3) is 0 Å². The largest absolute Gasteiger partial charge is 0.493 e. The monoisotopic (exact) mass is 278 g/mol. The van der Waals surface area contributed by atoms with Crippen molar-refractivity contribution in [3.63, 3.8) is 0 Å². The fourth-order valence-electron chi connectivity index (χ4n) is 2.44. The second-order valence-electron chi connectivity index (χ2n) is 5.03. The molecule has 0 spiro atoms. The lowest BCUT2D eigenvalue weighted by atomic mass is 10.1. The molecule has 1 aliphatic heterocycles. The van der Waals surface area contributed by atoms with Gasteiger partial charge in [-0.1, -0.05) is 0 Å². The fourth-order valence-corrected chi connectivity index (χ4v) is 2.44. The number of hydrogen-bond donors (Lipinski definition) is 1. The summed E-state index contributed by atoms with van der Waals surface area (Å²) in [6, 6.07) is 5.61. The molecule has 5 nitrogen and oxygen atoms in total. The summed E-state index contributed by atoms with van der Waals surface area (Å²) >= 11 is 0. The molecule has 0 saturated carbocycles. The summed E-state index contributed by atoms with van der Waals surface area (Å²) in [5, 5.41) is 3.38.